The zero-order chi connectivity index (χ0) is 16.8. The normalized spacial score (nSPS) is 19.3. The van der Waals surface area contributed by atoms with Crippen molar-refractivity contribution in [3.8, 4) is 5.88 Å². The second-order valence-corrected chi connectivity index (χ2v) is 6.27. The van der Waals surface area contributed by atoms with Crippen LogP contribution < -0.4 is 15.4 Å². The molecule has 0 saturated heterocycles. The molecule has 0 bridgehead atoms. The lowest BCUT2D eigenvalue weighted by Crippen LogP contribution is -2.31. The van der Waals surface area contributed by atoms with Gasteiger partial charge in [-0.2, -0.15) is 0 Å². The summed E-state index contributed by atoms with van der Waals surface area (Å²) in [6.07, 6.45) is 2.92. The predicted octanol–water partition coefficient (Wildman–Crippen LogP) is 1.65. The average molecular weight is 319 g/mol. The molecule has 1 aromatic rings. The van der Waals surface area contributed by atoms with Crippen molar-refractivity contribution in [2.45, 2.75) is 46.3 Å². The molecule has 2 N–H and O–H groups in total. The van der Waals surface area contributed by atoms with E-state index < -0.39 is 0 Å². The first-order valence-electron chi connectivity index (χ1n) is 8.12. The van der Waals surface area contributed by atoms with E-state index in [4.69, 9.17) is 4.74 Å². The first-order valence-corrected chi connectivity index (χ1v) is 8.12. The fourth-order valence-electron chi connectivity index (χ4n) is 2.29. The highest BCUT2D eigenvalue weighted by molar-refractivity contribution is 5.82. The molecule has 1 fully saturated rings. The molecule has 6 heteroatoms. The minimum atomic E-state index is -0.103. The highest BCUT2D eigenvalue weighted by atomic mass is 16.5. The Morgan fingerprint density at radius 2 is 2.13 bits per heavy atom. The fourth-order valence-corrected chi connectivity index (χ4v) is 2.29. The van der Waals surface area contributed by atoms with Crippen LogP contribution in [0.4, 0.5) is 0 Å². The van der Waals surface area contributed by atoms with E-state index in [0.29, 0.717) is 24.9 Å². The third-order valence-corrected chi connectivity index (χ3v) is 3.77. The van der Waals surface area contributed by atoms with E-state index >= 15 is 0 Å². The van der Waals surface area contributed by atoms with E-state index in [0.717, 1.165) is 12.0 Å². The van der Waals surface area contributed by atoms with Crippen LogP contribution in [0.2, 0.25) is 0 Å². The van der Waals surface area contributed by atoms with Gasteiger partial charge in [-0.25, -0.2) is 4.98 Å². The van der Waals surface area contributed by atoms with Crippen LogP contribution in [0.25, 0.3) is 0 Å². The second kappa shape index (κ2) is 7.94. The summed E-state index contributed by atoms with van der Waals surface area (Å²) in [6, 6.07) is 3.69. The summed E-state index contributed by atoms with van der Waals surface area (Å²) in [5, 5.41) is 5.63. The Hall–Kier alpha value is -2.11. The molecule has 0 aromatic carbocycles. The van der Waals surface area contributed by atoms with Gasteiger partial charge in [0.05, 0.1) is 6.10 Å². The summed E-state index contributed by atoms with van der Waals surface area (Å²) < 4.78 is 5.61. The number of pyridine rings is 1. The van der Waals surface area contributed by atoms with Crippen LogP contribution in [0.1, 0.15) is 39.2 Å². The SMILES string of the molecule is CC(C)Oc1ncccc1CNC(=O)CCNC(=O)[C@H]1C[C@@H]1C. The molecule has 0 spiro atoms. The minimum absolute atomic E-state index is 0.0272. The molecule has 1 aromatic heterocycles. The zero-order valence-electron chi connectivity index (χ0n) is 14.0. The molecule has 1 heterocycles. The van der Waals surface area contributed by atoms with Gasteiger partial charge in [-0.15, -0.1) is 0 Å². The molecular weight excluding hydrogens is 294 g/mol. The third-order valence-electron chi connectivity index (χ3n) is 3.77. The molecule has 2 atom stereocenters. The number of ether oxygens (including phenoxy) is 1. The summed E-state index contributed by atoms with van der Waals surface area (Å²) in [5.74, 6) is 1.12. The van der Waals surface area contributed by atoms with E-state index in [1.807, 2.05) is 26.0 Å². The second-order valence-electron chi connectivity index (χ2n) is 6.27. The van der Waals surface area contributed by atoms with Crippen molar-refractivity contribution in [2.24, 2.45) is 11.8 Å². The van der Waals surface area contributed by atoms with Crippen LogP contribution in [0.15, 0.2) is 18.3 Å². The number of carbonyl (C=O) groups is 2. The smallest absolute Gasteiger partial charge is 0.223 e. The summed E-state index contributed by atoms with van der Waals surface area (Å²) in [5.41, 5.74) is 0.838. The Balaban J connectivity index is 1.71. The molecule has 1 saturated carbocycles. The van der Waals surface area contributed by atoms with Gasteiger partial charge in [0.25, 0.3) is 0 Å². The van der Waals surface area contributed by atoms with Crippen molar-refractivity contribution in [2.75, 3.05) is 6.54 Å². The van der Waals surface area contributed by atoms with Gasteiger partial charge in [-0.1, -0.05) is 13.0 Å². The molecule has 0 radical (unpaired) electrons. The van der Waals surface area contributed by atoms with Gasteiger partial charge in [-0.05, 0) is 32.3 Å². The first-order chi connectivity index (χ1) is 11.0. The molecular formula is C17H25N3O3. The molecule has 0 unspecified atom stereocenters. The highest BCUT2D eigenvalue weighted by Gasteiger charge is 2.38. The summed E-state index contributed by atoms with van der Waals surface area (Å²) in [6.45, 7) is 6.65. The van der Waals surface area contributed by atoms with Gasteiger partial charge in [0, 0.05) is 37.2 Å². The van der Waals surface area contributed by atoms with Crippen molar-refractivity contribution in [1.29, 1.82) is 0 Å². The van der Waals surface area contributed by atoms with Gasteiger partial charge in [0.1, 0.15) is 0 Å². The highest BCUT2D eigenvalue weighted by Crippen LogP contribution is 2.37. The van der Waals surface area contributed by atoms with Crippen molar-refractivity contribution in [1.82, 2.24) is 15.6 Å². The monoisotopic (exact) mass is 319 g/mol. The Bertz CT molecular complexity index is 560. The van der Waals surface area contributed by atoms with Crippen LogP contribution in [0.3, 0.4) is 0 Å². The topological polar surface area (TPSA) is 80.3 Å². The van der Waals surface area contributed by atoms with Crippen LogP contribution in [0, 0.1) is 11.8 Å². The molecule has 1 aliphatic carbocycles. The molecule has 0 aliphatic heterocycles. The number of hydrogen-bond donors (Lipinski definition) is 2. The summed E-state index contributed by atoms with van der Waals surface area (Å²) >= 11 is 0. The number of carbonyl (C=O) groups excluding carboxylic acids is 2. The molecule has 1 aliphatic rings. The lowest BCUT2D eigenvalue weighted by atomic mass is 10.2. The maximum Gasteiger partial charge on any atom is 0.223 e. The van der Waals surface area contributed by atoms with Crippen molar-refractivity contribution < 1.29 is 14.3 Å². The van der Waals surface area contributed by atoms with Gasteiger partial charge in [-0.3, -0.25) is 9.59 Å². The van der Waals surface area contributed by atoms with Crippen molar-refractivity contribution in [3.63, 3.8) is 0 Å². The molecule has 6 nitrogen and oxygen atoms in total. The van der Waals surface area contributed by atoms with Gasteiger partial charge >= 0.3 is 0 Å². The number of amides is 2. The molecule has 2 rings (SSSR count). The number of hydrogen-bond acceptors (Lipinski definition) is 4. The van der Waals surface area contributed by atoms with Crippen LogP contribution >= 0.6 is 0 Å². The van der Waals surface area contributed by atoms with Crippen molar-refractivity contribution in [3.05, 3.63) is 23.9 Å². The van der Waals surface area contributed by atoms with Gasteiger partial charge in [0.15, 0.2) is 0 Å². The number of nitrogens with zero attached hydrogens (tertiary/aromatic N) is 1. The van der Waals surface area contributed by atoms with E-state index in [1.165, 1.54) is 0 Å². The Kier molecular flexibility index (Phi) is 5.96. The maximum atomic E-state index is 11.9. The lowest BCUT2D eigenvalue weighted by Gasteiger charge is -2.13. The Morgan fingerprint density at radius 3 is 2.78 bits per heavy atom. The average Bonchev–Trinajstić information content (AvgIpc) is 3.23. The molecule has 23 heavy (non-hydrogen) atoms. The lowest BCUT2D eigenvalue weighted by molar-refractivity contribution is -0.123. The Labute approximate surface area is 137 Å². The van der Waals surface area contributed by atoms with E-state index in [1.54, 1.807) is 6.20 Å². The maximum absolute atomic E-state index is 11.9. The summed E-state index contributed by atoms with van der Waals surface area (Å²) in [4.78, 5) is 27.7. The van der Waals surface area contributed by atoms with E-state index in [9.17, 15) is 9.59 Å². The van der Waals surface area contributed by atoms with Crippen molar-refractivity contribution >= 4 is 11.8 Å². The number of aromatic nitrogens is 1. The Morgan fingerprint density at radius 1 is 1.39 bits per heavy atom. The standard InChI is InChI=1S/C17H25N3O3/c1-11(2)23-17-13(5-4-7-19-17)10-20-15(21)6-8-18-16(22)14-9-12(14)3/h4-5,7,11-12,14H,6,8-10H2,1-3H3,(H,18,22)(H,20,21)/t12-,14-/m0/s1. The molecule has 2 amide bonds. The van der Waals surface area contributed by atoms with Crippen LogP contribution in [0.5, 0.6) is 5.88 Å². The fraction of sp³-hybridized carbons (Fsp3) is 0.588. The van der Waals surface area contributed by atoms with Gasteiger partial charge < -0.3 is 15.4 Å². The number of nitrogens with one attached hydrogen (secondary N) is 2. The zero-order valence-corrected chi connectivity index (χ0v) is 14.0. The van der Waals surface area contributed by atoms with Crippen LogP contribution in [-0.4, -0.2) is 29.4 Å². The molecule has 126 valence electrons. The largest absolute Gasteiger partial charge is 0.475 e. The van der Waals surface area contributed by atoms with E-state index in [2.05, 4.69) is 22.5 Å². The van der Waals surface area contributed by atoms with E-state index in [-0.39, 0.29) is 30.3 Å². The third kappa shape index (κ3) is 5.54. The quantitative estimate of drug-likeness (QED) is 0.763. The number of rotatable bonds is 8. The van der Waals surface area contributed by atoms with Crippen LogP contribution in [-0.2, 0) is 16.1 Å². The van der Waals surface area contributed by atoms with Gasteiger partial charge in [0.2, 0.25) is 17.7 Å². The minimum Gasteiger partial charge on any atom is -0.475 e. The summed E-state index contributed by atoms with van der Waals surface area (Å²) in [7, 11) is 0. The first kappa shape index (κ1) is 17.2. The predicted molar refractivity (Wildman–Crippen MR) is 86.7 cm³/mol.